The maximum absolute atomic E-state index is 8.95. The Bertz CT molecular complexity index is 93.7. The standard InChI is InChI=1S/C9H18O2/c1-11-9(7-10)8-5-3-2-4-6-8/h8-10H,2-7H2,1H3/t9-/m0/s1. The molecule has 1 aliphatic rings. The van der Waals surface area contributed by atoms with Crippen LogP contribution in [0.2, 0.25) is 0 Å². The van der Waals surface area contributed by atoms with Crippen LogP contribution in [-0.4, -0.2) is 24.9 Å². The molecule has 0 aromatic rings. The topological polar surface area (TPSA) is 29.5 Å². The van der Waals surface area contributed by atoms with E-state index in [2.05, 4.69) is 0 Å². The summed E-state index contributed by atoms with van der Waals surface area (Å²) < 4.78 is 5.19. The van der Waals surface area contributed by atoms with Gasteiger partial charge in [-0.15, -0.1) is 0 Å². The van der Waals surface area contributed by atoms with Gasteiger partial charge in [0.25, 0.3) is 0 Å². The average Bonchev–Trinajstić information content (AvgIpc) is 2.09. The molecule has 1 fully saturated rings. The molecule has 0 aliphatic heterocycles. The fourth-order valence-electron chi connectivity index (χ4n) is 1.92. The second kappa shape index (κ2) is 4.73. The summed E-state index contributed by atoms with van der Waals surface area (Å²) in [4.78, 5) is 0. The molecule has 0 amide bonds. The fraction of sp³-hybridized carbons (Fsp3) is 1.00. The van der Waals surface area contributed by atoms with E-state index in [0.29, 0.717) is 5.92 Å². The van der Waals surface area contributed by atoms with Crippen LogP contribution in [0.15, 0.2) is 0 Å². The van der Waals surface area contributed by atoms with Gasteiger partial charge in [-0.1, -0.05) is 19.3 Å². The highest BCUT2D eigenvalue weighted by atomic mass is 16.5. The summed E-state index contributed by atoms with van der Waals surface area (Å²) in [6, 6.07) is 0. The Morgan fingerprint density at radius 3 is 2.45 bits per heavy atom. The Morgan fingerprint density at radius 1 is 1.36 bits per heavy atom. The van der Waals surface area contributed by atoms with Crippen molar-refractivity contribution in [3.8, 4) is 0 Å². The average molecular weight is 158 g/mol. The van der Waals surface area contributed by atoms with Crippen LogP contribution in [-0.2, 0) is 4.74 Å². The summed E-state index contributed by atoms with van der Waals surface area (Å²) in [6.07, 6.45) is 6.54. The van der Waals surface area contributed by atoms with E-state index in [9.17, 15) is 0 Å². The molecule has 0 heterocycles. The van der Waals surface area contributed by atoms with Crippen LogP contribution in [0, 0.1) is 5.92 Å². The van der Waals surface area contributed by atoms with E-state index in [-0.39, 0.29) is 12.7 Å². The molecular formula is C9H18O2. The van der Waals surface area contributed by atoms with Crippen molar-refractivity contribution in [2.24, 2.45) is 5.92 Å². The maximum atomic E-state index is 8.95. The molecule has 1 N–H and O–H groups in total. The van der Waals surface area contributed by atoms with E-state index in [1.165, 1.54) is 32.1 Å². The molecule has 1 rings (SSSR count). The van der Waals surface area contributed by atoms with E-state index in [1.807, 2.05) is 0 Å². The van der Waals surface area contributed by atoms with Gasteiger partial charge >= 0.3 is 0 Å². The lowest BCUT2D eigenvalue weighted by atomic mass is 9.85. The Morgan fingerprint density at radius 2 is 2.00 bits per heavy atom. The van der Waals surface area contributed by atoms with Gasteiger partial charge in [-0.25, -0.2) is 0 Å². The molecule has 66 valence electrons. The highest BCUT2D eigenvalue weighted by Gasteiger charge is 2.22. The number of methoxy groups -OCH3 is 1. The first-order valence-corrected chi connectivity index (χ1v) is 4.52. The smallest absolute Gasteiger partial charge is 0.0830 e. The van der Waals surface area contributed by atoms with Gasteiger partial charge in [0.15, 0.2) is 0 Å². The number of hydrogen-bond donors (Lipinski definition) is 1. The number of hydrogen-bond acceptors (Lipinski definition) is 2. The van der Waals surface area contributed by atoms with Crippen LogP contribution in [0.1, 0.15) is 32.1 Å². The van der Waals surface area contributed by atoms with Crippen LogP contribution in [0.4, 0.5) is 0 Å². The minimum atomic E-state index is 0.0929. The van der Waals surface area contributed by atoms with Crippen molar-refractivity contribution < 1.29 is 9.84 Å². The third-order valence-corrected chi connectivity index (χ3v) is 2.66. The van der Waals surface area contributed by atoms with Crippen LogP contribution in [0.5, 0.6) is 0 Å². The summed E-state index contributed by atoms with van der Waals surface area (Å²) in [5.41, 5.74) is 0. The molecule has 2 nitrogen and oxygen atoms in total. The van der Waals surface area contributed by atoms with Gasteiger partial charge in [-0.3, -0.25) is 0 Å². The molecule has 11 heavy (non-hydrogen) atoms. The second-order valence-electron chi connectivity index (χ2n) is 3.35. The third-order valence-electron chi connectivity index (χ3n) is 2.66. The monoisotopic (exact) mass is 158 g/mol. The van der Waals surface area contributed by atoms with E-state index in [1.54, 1.807) is 7.11 Å². The number of aliphatic hydroxyl groups is 1. The Hall–Kier alpha value is -0.0800. The first-order chi connectivity index (χ1) is 5.38. The third kappa shape index (κ3) is 2.46. The summed E-state index contributed by atoms with van der Waals surface area (Å²) in [6.45, 7) is 0.182. The zero-order valence-corrected chi connectivity index (χ0v) is 7.25. The minimum absolute atomic E-state index is 0.0929. The van der Waals surface area contributed by atoms with Gasteiger partial charge in [-0.2, -0.15) is 0 Å². The molecule has 2 heteroatoms. The van der Waals surface area contributed by atoms with Crippen molar-refractivity contribution in [1.82, 2.24) is 0 Å². The molecule has 0 saturated heterocycles. The highest BCUT2D eigenvalue weighted by molar-refractivity contribution is 4.73. The Balaban J connectivity index is 2.30. The normalized spacial score (nSPS) is 23.5. The quantitative estimate of drug-likeness (QED) is 0.675. The van der Waals surface area contributed by atoms with Crippen LogP contribution in [0.25, 0.3) is 0 Å². The number of rotatable bonds is 3. The van der Waals surface area contributed by atoms with Crippen molar-refractivity contribution in [1.29, 1.82) is 0 Å². The molecule has 0 aromatic heterocycles. The first-order valence-electron chi connectivity index (χ1n) is 4.52. The fourth-order valence-corrected chi connectivity index (χ4v) is 1.92. The summed E-state index contributed by atoms with van der Waals surface area (Å²) in [7, 11) is 1.69. The molecule has 1 saturated carbocycles. The van der Waals surface area contributed by atoms with Crippen molar-refractivity contribution in [2.45, 2.75) is 38.2 Å². The lowest BCUT2D eigenvalue weighted by molar-refractivity contribution is -0.00386. The van der Waals surface area contributed by atoms with Gasteiger partial charge in [0, 0.05) is 7.11 Å². The van der Waals surface area contributed by atoms with Crippen molar-refractivity contribution >= 4 is 0 Å². The number of ether oxygens (including phenoxy) is 1. The van der Waals surface area contributed by atoms with Gasteiger partial charge in [-0.05, 0) is 18.8 Å². The van der Waals surface area contributed by atoms with Gasteiger partial charge in [0.1, 0.15) is 0 Å². The molecule has 1 aliphatic carbocycles. The zero-order chi connectivity index (χ0) is 8.10. The first kappa shape index (κ1) is 9.01. The van der Waals surface area contributed by atoms with E-state index in [0.717, 1.165) is 0 Å². The van der Waals surface area contributed by atoms with Gasteiger partial charge < -0.3 is 9.84 Å². The maximum Gasteiger partial charge on any atom is 0.0830 e. The molecular weight excluding hydrogens is 140 g/mol. The summed E-state index contributed by atoms with van der Waals surface area (Å²) in [5.74, 6) is 0.610. The van der Waals surface area contributed by atoms with E-state index >= 15 is 0 Å². The molecule has 1 atom stereocenters. The van der Waals surface area contributed by atoms with Crippen molar-refractivity contribution in [3.05, 3.63) is 0 Å². The summed E-state index contributed by atoms with van der Waals surface area (Å²) >= 11 is 0. The van der Waals surface area contributed by atoms with E-state index < -0.39 is 0 Å². The predicted octanol–water partition coefficient (Wildman–Crippen LogP) is 1.57. The minimum Gasteiger partial charge on any atom is -0.394 e. The molecule has 0 aromatic carbocycles. The zero-order valence-electron chi connectivity index (χ0n) is 7.25. The highest BCUT2D eigenvalue weighted by Crippen LogP contribution is 2.27. The van der Waals surface area contributed by atoms with Crippen LogP contribution < -0.4 is 0 Å². The molecule has 0 radical (unpaired) electrons. The Labute approximate surface area is 68.6 Å². The Kier molecular flexibility index (Phi) is 3.87. The summed E-state index contributed by atoms with van der Waals surface area (Å²) in [5, 5.41) is 8.95. The van der Waals surface area contributed by atoms with Gasteiger partial charge in [0.2, 0.25) is 0 Å². The second-order valence-corrected chi connectivity index (χ2v) is 3.35. The van der Waals surface area contributed by atoms with Crippen LogP contribution >= 0.6 is 0 Å². The molecule has 0 spiro atoms. The number of aliphatic hydroxyl groups excluding tert-OH is 1. The lowest BCUT2D eigenvalue weighted by Gasteiger charge is -2.27. The van der Waals surface area contributed by atoms with Gasteiger partial charge in [0.05, 0.1) is 12.7 Å². The predicted molar refractivity (Wildman–Crippen MR) is 44.5 cm³/mol. The SMILES string of the molecule is CO[C@@H](CO)C1CCCCC1. The van der Waals surface area contributed by atoms with E-state index in [4.69, 9.17) is 9.84 Å². The van der Waals surface area contributed by atoms with Crippen molar-refractivity contribution in [3.63, 3.8) is 0 Å². The molecule has 0 unspecified atom stereocenters. The van der Waals surface area contributed by atoms with Crippen LogP contribution in [0.3, 0.4) is 0 Å². The lowest BCUT2D eigenvalue weighted by Crippen LogP contribution is -2.28. The molecule has 0 bridgehead atoms. The largest absolute Gasteiger partial charge is 0.394 e. The van der Waals surface area contributed by atoms with Crippen molar-refractivity contribution in [2.75, 3.05) is 13.7 Å².